The first-order valence-electron chi connectivity index (χ1n) is 2.83. The van der Waals surface area contributed by atoms with E-state index in [1.807, 2.05) is 0 Å². The summed E-state index contributed by atoms with van der Waals surface area (Å²) in [6, 6.07) is 1.52. The molecule has 11 heavy (non-hydrogen) atoms. The van der Waals surface area contributed by atoms with Gasteiger partial charge in [-0.05, 0) is 50.4 Å². The maximum Gasteiger partial charge on any atom is 0.174 e. The van der Waals surface area contributed by atoms with Crippen molar-refractivity contribution >= 4 is 31.9 Å². The maximum absolute atomic E-state index is 12.8. The predicted octanol–water partition coefficient (Wildman–Crippen LogP) is 3.80. The molecule has 60 valence electrons. The van der Waals surface area contributed by atoms with Crippen LogP contribution in [0.4, 0.5) is 8.78 Å². The third kappa shape index (κ3) is 1.62. The first kappa shape index (κ1) is 9.13. The van der Waals surface area contributed by atoms with Crippen LogP contribution < -0.4 is 0 Å². The van der Waals surface area contributed by atoms with Gasteiger partial charge in [0.2, 0.25) is 0 Å². The molecule has 0 amide bonds. The van der Waals surface area contributed by atoms with Crippen molar-refractivity contribution in [3.05, 3.63) is 32.2 Å². The third-order valence-electron chi connectivity index (χ3n) is 1.28. The second kappa shape index (κ2) is 3.19. The predicted molar refractivity (Wildman–Crippen MR) is 46.5 cm³/mol. The van der Waals surface area contributed by atoms with Gasteiger partial charge in [-0.15, -0.1) is 0 Å². The summed E-state index contributed by atoms with van der Waals surface area (Å²) in [4.78, 5) is 0. The van der Waals surface area contributed by atoms with Crippen LogP contribution in [-0.4, -0.2) is 0 Å². The third-order valence-corrected chi connectivity index (χ3v) is 2.84. The number of aryl methyl sites for hydroxylation is 1. The summed E-state index contributed by atoms with van der Waals surface area (Å²) in [5.41, 5.74) is 0.663. The van der Waals surface area contributed by atoms with Crippen molar-refractivity contribution in [2.24, 2.45) is 0 Å². The first-order valence-corrected chi connectivity index (χ1v) is 4.42. The van der Waals surface area contributed by atoms with Crippen molar-refractivity contribution in [1.29, 1.82) is 0 Å². The molecule has 0 unspecified atom stereocenters. The number of hydrogen-bond acceptors (Lipinski definition) is 0. The highest BCUT2D eigenvalue weighted by molar-refractivity contribution is 9.11. The Kier molecular flexibility index (Phi) is 2.65. The molecule has 0 atom stereocenters. The SMILES string of the molecule is Cc1cc(Br)c(F)c(F)c1Br. The normalized spacial score (nSPS) is 10.3. The molecule has 0 heterocycles. The van der Waals surface area contributed by atoms with E-state index in [-0.39, 0.29) is 8.95 Å². The molecule has 1 aromatic rings. The molecule has 0 bridgehead atoms. The lowest BCUT2D eigenvalue weighted by molar-refractivity contribution is 0.498. The number of halogens is 4. The van der Waals surface area contributed by atoms with E-state index in [4.69, 9.17) is 0 Å². The van der Waals surface area contributed by atoms with Crippen LogP contribution in [0, 0.1) is 18.6 Å². The van der Waals surface area contributed by atoms with E-state index in [9.17, 15) is 8.78 Å². The fourth-order valence-electron chi connectivity index (χ4n) is 0.691. The van der Waals surface area contributed by atoms with Gasteiger partial charge < -0.3 is 0 Å². The number of benzene rings is 1. The zero-order valence-electron chi connectivity index (χ0n) is 5.59. The first-order chi connectivity index (χ1) is 5.04. The van der Waals surface area contributed by atoms with Crippen molar-refractivity contribution in [2.45, 2.75) is 6.92 Å². The Balaban J connectivity index is 3.46. The molecule has 0 saturated heterocycles. The van der Waals surface area contributed by atoms with Crippen molar-refractivity contribution in [3.8, 4) is 0 Å². The van der Waals surface area contributed by atoms with E-state index in [0.717, 1.165) is 0 Å². The van der Waals surface area contributed by atoms with E-state index < -0.39 is 11.6 Å². The van der Waals surface area contributed by atoms with E-state index in [0.29, 0.717) is 5.56 Å². The van der Waals surface area contributed by atoms with E-state index in [2.05, 4.69) is 31.9 Å². The molecule has 0 fully saturated rings. The fraction of sp³-hybridized carbons (Fsp3) is 0.143. The van der Waals surface area contributed by atoms with Gasteiger partial charge in [-0.25, -0.2) is 8.78 Å². The standard InChI is InChI=1S/C7H4Br2F2/c1-3-2-4(8)6(10)7(11)5(3)9/h2H,1H3. The van der Waals surface area contributed by atoms with Crippen molar-refractivity contribution in [3.63, 3.8) is 0 Å². The molecule has 0 spiro atoms. The Morgan fingerprint density at radius 2 is 1.73 bits per heavy atom. The van der Waals surface area contributed by atoms with Crippen molar-refractivity contribution < 1.29 is 8.78 Å². The fourth-order valence-corrected chi connectivity index (χ4v) is 1.50. The molecule has 0 N–H and O–H groups in total. The van der Waals surface area contributed by atoms with Gasteiger partial charge in [0.05, 0.1) is 8.95 Å². The van der Waals surface area contributed by atoms with Crippen molar-refractivity contribution in [2.75, 3.05) is 0 Å². The maximum atomic E-state index is 12.8. The van der Waals surface area contributed by atoms with Crippen LogP contribution in [0.25, 0.3) is 0 Å². The van der Waals surface area contributed by atoms with Gasteiger partial charge in [0, 0.05) is 0 Å². The van der Waals surface area contributed by atoms with Gasteiger partial charge in [0.25, 0.3) is 0 Å². The lowest BCUT2D eigenvalue weighted by atomic mass is 10.2. The average Bonchev–Trinajstić information content (AvgIpc) is 1.97. The van der Waals surface area contributed by atoms with Crippen LogP contribution in [0.2, 0.25) is 0 Å². The van der Waals surface area contributed by atoms with E-state index >= 15 is 0 Å². The second-order valence-corrected chi connectivity index (χ2v) is 3.76. The number of rotatable bonds is 0. The molecule has 4 heteroatoms. The molecular weight excluding hydrogens is 282 g/mol. The average molecular weight is 286 g/mol. The van der Waals surface area contributed by atoms with Crippen LogP contribution in [0.1, 0.15) is 5.56 Å². The van der Waals surface area contributed by atoms with Gasteiger partial charge in [0.15, 0.2) is 11.6 Å². The molecule has 1 rings (SSSR count). The lowest BCUT2D eigenvalue weighted by Crippen LogP contribution is -1.90. The smallest absolute Gasteiger partial charge is 0.174 e. The topological polar surface area (TPSA) is 0 Å². The van der Waals surface area contributed by atoms with Gasteiger partial charge in [-0.2, -0.15) is 0 Å². The van der Waals surface area contributed by atoms with Crippen LogP contribution in [0.3, 0.4) is 0 Å². The molecular formula is C7H4Br2F2. The molecule has 0 aliphatic heterocycles. The van der Waals surface area contributed by atoms with Gasteiger partial charge in [-0.1, -0.05) is 0 Å². The summed E-state index contributed by atoms with van der Waals surface area (Å²) < 4.78 is 25.8. The highest BCUT2D eigenvalue weighted by atomic mass is 79.9. The summed E-state index contributed by atoms with van der Waals surface area (Å²) >= 11 is 5.82. The Morgan fingerprint density at radius 1 is 1.18 bits per heavy atom. The van der Waals surface area contributed by atoms with E-state index in [1.165, 1.54) is 6.07 Å². The summed E-state index contributed by atoms with van der Waals surface area (Å²) in [5, 5.41) is 0. The van der Waals surface area contributed by atoms with Gasteiger partial charge in [-0.3, -0.25) is 0 Å². The molecule has 0 aromatic heterocycles. The van der Waals surface area contributed by atoms with Crippen LogP contribution in [0.15, 0.2) is 15.0 Å². The monoisotopic (exact) mass is 284 g/mol. The Bertz CT molecular complexity index is 271. The molecule has 0 radical (unpaired) electrons. The minimum absolute atomic E-state index is 0.149. The van der Waals surface area contributed by atoms with Gasteiger partial charge >= 0.3 is 0 Å². The zero-order valence-corrected chi connectivity index (χ0v) is 8.76. The molecule has 0 aliphatic carbocycles. The summed E-state index contributed by atoms with van der Waals surface area (Å²) in [5.74, 6) is -1.71. The Morgan fingerprint density at radius 3 is 2.27 bits per heavy atom. The Labute approximate surface area is 79.9 Å². The summed E-state index contributed by atoms with van der Waals surface area (Å²) in [6.07, 6.45) is 0. The molecule has 0 saturated carbocycles. The largest absolute Gasteiger partial charge is 0.202 e. The summed E-state index contributed by atoms with van der Waals surface area (Å²) in [7, 11) is 0. The quantitative estimate of drug-likeness (QED) is 0.502. The number of hydrogen-bond donors (Lipinski definition) is 0. The van der Waals surface area contributed by atoms with Crippen molar-refractivity contribution in [1.82, 2.24) is 0 Å². The minimum Gasteiger partial charge on any atom is -0.202 e. The molecule has 1 aromatic carbocycles. The summed E-state index contributed by atoms with van der Waals surface area (Å²) in [6.45, 7) is 1.69. The van der Waals surface area contributed by atoms with Crippen LogP contribution in [-0.2, 0) is 0 Å². The van der Waals surface area contributed by atoms with Crippen LogP contribution >= 0.6 is 31.9 Å². The molecule has 0 nitrogen and oxygen atoms in total. The molecule has 0 aliphatic rings. The highest BCUT2D eigenvalue weighted by Crippen LogP contribution is 2.27. The van der Waals surface area contributed by atoms with Crippen LogP contribution in [0.5, 0.6) is 0 Å². The van der Waals surface area contributed by atoms with Gasteiger partial charge in [0.1, 0.15) is 0 Å². The Hall–Kier alpha value is 0.0400. The second-order valence-electron chi connectivity index (χ2n) is 2.12. The lowest BCUT2D eigenvalue weighted by Gasteiger charge is -2.02. The minimum atomic E-state index is -0.859. The zero-order chi connectivity index (χ0) is 8.59. The highest BCUT2D eigenvalue weighted by Gasteiger charge is 2.12. The van der Waals surface area contributed by atoms with E-state index in [1.54, 1.807) is 6.92 Å².